The summed E-state index contributed by atoms with van der Waals surface area (Å²) in [5.41, 5.74) is 2.94. The summed E-state index contributed by atoms with van der Waals surface area (Å²) in [7, 11) is 1.97. The highest BCUT2D eigenvalue weighted by Crippen LogP contribution is 2.34. The van der Waals surface area contributed by atoms with Crippen LogP contribution < -0.4 is 4.90 Å². The molecule has 6 heteroatoms. The maximum absolute atomic E-state index is 12.9. The van der Waals surface area contributed by atoms with Crippen molar-refractivity contribution in [2.75, 3.05) is 25.0 Å². The Hall–Kier alpha value is -2.63. The van der Waals surface area contributed by atoms with Crippen LogP contribution in [0.2, 0.25) is 0 Å². The molecular weight excluding hydrogens is 326 g/mol. The number of aromatic nitrogens is 3. The van der Waals surface area contributed by atoms with Crippen LogP contribution in [0.15, 0.2) is 30.7 Å². The molecular formula is C20H23N5O. The van der Waals surface area contributed by atoms with Crippen LogP contribution in [0, 0.1) is 5.92 Å². The number of anilines is 1. The first-order valence-electron chi connectivity index (χ1n) is 9.45. The van der Waals surface area contributed by atoms with Crippen molar-refractivity contribution < 1.29 is 4.79 Å². The molecule has 1 saturated heterocycles. The molecule has 0 radical (unpaired) electrons. The lowest BCUT2D eigenvalue weighted by Crippen LogP contribution is -2.44. The van der Waals surface area contributed by atoms with Crippen LogP contribution in [0.3, 0.4) is 0 Å². The maximum atomic E-state index is 12.9. The maximum Gasteiger partial charge on any atom is 0.227 e. The predicted molar refractivity (Wildman–Crippen MR) is 102 cm³/mol. The van der Waals surface area contributed by atoms with Crippen molar-refractivity contribution in [3.8, 4) is 0 Å². The van der Waals surface area contributed by atoms with Crippen LogP contribution in [0.4, 0.5) is 5.69 Å². The second-order valence-corrected chi connectivity index (χ2v) is 7.55. The molecule has 134 valence electrons. The molecule has 3 aromatic rings. The number of pyridine rings is 2. The van der Waals surface area contributed by atoms with Gasteiger partial charge in [0.15, 0.2) is 0 Å². The Labute approximate surface area is 152 Å². The van der Waals surface area contributed by atoms with Gasteiger partial charge < -0.3 is 14.8 Å². The highest BCUT2D eigenvalue weighted by Gasteiger charge is 2.35. The number of carbonyl (C=O) groups is 1. The summed E-state index contributed by atoms with van der Waals surface area (Å²) in [5.74, 6) is 0.394. The lowest BCUT2D eigenvalue weighted by atomic mass is 9.95. The second-order valence-electron chi connectivity index (χ2n) is 7.55. The first-order valence-corrected chi connectivity index (χ1v) is 9.45. The lowest BCUT2D eigenvalue weighted by Gasteiger charge is -2.36. The van der Waals surface area contributed by atoms with Crippen molar-refractivity contribution in [3.05, 3.63) is 30.7 Å². The van der Waals surface area contributed by atoms with E-state index in [0.717, 1.165) is 66.4 Å². The Balaban J connectivity index is 1.51. The van der Waals surface area contributed by atoms with E-state index in [0.29, 0.717) is 11.9 Å². The number of hydrogen-bond acceptors (Lipinski definition) is 4. The normalized spacial score (nSPS) is 20.7. The van der Waals surface area contributed by atoms with Gasteiger partial charge in [-0.15, -0.1) is 0 Å². The van der Waals surface area contributed by atoms with Gasteiger partial charge in [-0.3, -0.25) is 9.78 Å². The zero-order chi connectivity index (χ0) is 17.7. The van der Waals surface area contributed by atoms with Crippen molar-refractivity contribution >= 4 is 33.5 Å². The van der Waals surface area contributed by atoms with Gasteiger partial charge in [0, 0.05) is 55.0 Å². The van der Waals surface area contributed by atoms with Crippen LogP contribution in [-0.4, -0.2) is 51.9 Å². The second kappa shape index (κ2) is 5.97. The summed E-state index contributed by atoms with van der Waals surface area (Å²) >= 11 is 0. The minimum absolute atomic E-state index is 0.0844. The van der Waals surface area contributed by atoms with Gasteiger partial charge >= 0.3 is 0 Å². The molecule has 1 aliphatic heterocycles. The summed E-state index contributed by atoms with van der Waals surface area (Å²) in [4.78, 5) is 29.3. The molecule has 1 saturated carbocycles. The number of piperidine rings is 1. The van der Waals surface area contributed by atoms with Gasteiger partial charge in [-0.2, -0.15) is 0 Å². The molecule has 0 spiro atoms. The summed E-state index contributed by atoms with van der Waals surface area (Å²) in [6.07, 6.45) is 9.93. The molecule has 1 unspecified atom stereocenters. The number of nitrogens with one attached hydrogen (secondary N) is 1. The van der Waals surface area contributed by atoms with E-state index in [1.165, 1.54) is 0 Å². The largest absolute Gasteiger partial charge is 0.370 e. The fourth-order valence-electron chi connectivity index (χ4n) is 4.23. The number of fused-ring (bicyclic) bond motifs is 3. The van der Waals surface area contributed by atoms with Crippen LogP contribution in [-0.2, 0) is 4.79 Å². The van der Waals surface area contributed by atoms with Crippen molar-refractivity contribution in [3.63, 3.8) is 0 Å². The van der Waals surface area contributed by atoms with Crippen molar-refractivity contribution in [1.29, 1.82) is 0 Å². The van der Waals surface area contributed by atoms with Crippen molar-refractivity contribution in [1.82, 2.24) is 19.9 Å². The molecule has 1 aliphatic carbocycles. The molecule has 26 heavy (non-hydrogen) atoms. The lowest BCUT2D eigenvalue weighted by molar-refractivity contribution is -0.134. The number of rotatable bonds is 3. The SMILES string of the molecule is CN(C(=O)C1CCCN(c2ccnc3cnc4[nH]ccc4c23)C1)C1CC1. The molecule has 3 aromatic heterocycles. The Morgan fingerprint density at radius 2 is 2.15 bits per heavy atom. The van der Waals surface area contributed by atoms with E-state index in [2.05, 4.69) is 32.0 Å². The third-order valence-corrected chi connectivity index (χ3v) is 5.82. The van der Waals surface area contributed by atoms with Crippen LogP contribution >= 0.6 is 0 Å². The fraction of sp³-hybridized carbons (Fsp3) is 0.450. The van der Waals surface area contributed by atoms with E-state index in [-0.39, 0.29) is 5.92 Å². The molecule has 1 atom stereocenters. The summed E-state index contributed by atoms with van der Waals surface area (Å²) in [6.45, 7) is 1.76. The van der Waals surface area contributed by atoms with Crippen LogP contribution in [0.5, 0.6) is 0 Å². The van der Waals surface area contributed by atoms with E-state index in [9.17, 15) is 4.79 Å². The molecule has 6 nitrogen and oxygen atoms in total. The molecule has 2 aliphatic rings. The Morgan fingerprint density at radius 1 is 1.27 bits per heavy atom. The number of carbonyl (C=O) groups excluding carboxylic acids is 1. The number of nitrogens with zero attached hydrogens (tertiary/aromatic N) is 4. The van der Waals surface area contributed by atoms with Gasteiger partial charge in [-0.05, 0) is 37.8 Å². The number of aromatic amines is 1. The summed E-state index contributed by atoms with van der Waals surface area (Å²) in [5, 5.41) is 2.22. The highest BCUT2D eigenvalue weighted by molar-refractivity contribution is 6.10. The van der Waals surface area contributed by atoms with E-state index in [4.69, 9.17) is 0 Å². The molecule has 1 N–H and O–H groups in total. The van der Waals surface area contributed by atoms with Gasteiger partial charge in [-0.25, -0.2) is 4.98 Å². The Kier molecular flexibility index (Phi) is 3.58. The predicted octanol–water partition coefficient (Wildman–Crippen LogP) is 2.95. The van der Waals surface area contributed by atoms with Crippen molar-refractivity contribution in [2.45, 2.75) is 31.7 Å². The van der Waals surface area contributed by atoms with Gasteiger partial charge in [0.25, 0.3) is 0 Å². The van der Waals surface area contributed by atoms with Crippen molar-refractivity contribution in [2.24, 2.45) is 5.92 Å². The average molecular weight is 349 g/mol. The molecule has 1 amide bonds. The number of hydrogen-bond donors (Lipinski definition) is 1. The van der Waals surface area contributed by atoms with Crippen LogP contribution in [0.1, 0.15) is 25.7 Å². The quantitative estimate of drug-likeness (QED) is 0.789. The van der Waals surface area contributed by atoms with Crippen LogP contribution in [0.25, 0.3) is 21.9 Å². The first kappa shape index (κ1) is 15.6. The fourth-order valence-corrected chi connectivity index (χ4v) is 4.23. The van der Waals surface area contributed by atoms with Gasteiger partial charge in [0.2, 0.25) is 5.91 Å². The highest BCUT2D eigenvalue weighted by atomic mass is 16.2. The van der Waals surface area contributed by atoms with Gasteiger partial charge in [0.05, 0.1) is 17.6 Å². The standard InChI is InChI=1S/C20H23N5O/c1-24(14-4-5-14)20(26)13-3-2-10-25(12-13)17-7-9-21-16-11-23-19-15(18(16)17)6-8-22-19/h6-9,11,13-14H,2-5,10,12H2,1H3,(H,22,23). The number of H-pyrrole nitrogens is 1. The van der Waals surface area contributed by atoms with Gasteiger partial charge in [-0.1, -0.05) is 0 Å². The topological polar surface area (TPSA) is 65.1 Å². The molecule has 0 bridgehead atoms. The first-order chi connectivity index (χ1) is 12.7. The van der Waals surface area contributed by atoms with E-state index < -0.39 is 0 Å². The van der Waals surface area contributed by atoms with E-state index >= 15 is 0 Å². The zero-order valence-corrected chi connectivity index (χ0v) is 15.0. The van der Waals surface area contributed by atoms with E-state index in [1.807, 2.05) is 30.5 Å². The average Bonchev–Trinajstić information content (AvgIpc) is 3.43. The minimum atomic E-state index is 0.0844. The Morgan fingerprint density at radius 3 is 3.00 bits per heavy atom. The smallest absolute Gasteiger partial charge is 0.227 e. The summed E-state index contributed by atoms with van der Waals surface area (Å²) in [6, 6.07) is 4.61. The zero-order valence-electron chi connectivity index (χ0n) is 15.0. The minimum Gasteiger partial charge on any atom is -0.370 e. The number of amides is 1. The summed E-state index contributed by atoms with van der Waals surface area (Å²) < 4.78 is 0. The third-order valence-electron chi connectivity index (χ3n) is 5.82. The third kappa shape index (κ3) is 2.52. The molecule has 2 fully saturated rings. The molecule has 0 aromatic carbocycles. The molecule has 4 heterocycles. The van der Waals surface area contributed by atoms with Gasteiger partial charge in [0.1, 0.15) is 5.65 Å². The molecule has 5 rings (SSSR count). The monoisotopic (exact) mass is 349 g/mol. The Bertz CT molecular complexity index is 977. The van der Waals surface area contributed by atoms with E-state index in [1.54, 1.807) is 0 Å².